The van der Waals surface area contributed by atoms with Crippen molar-refractivity contribution in [1.29, 1.82) is 0 Å². The molecule has 3 aromatic rings. The lowest BCUT2D eigenvalue weighted by molar-refractivity contribution is 0.0952. The minimum Gasteiger partial charge on any atom is -0.491 e. The smallest absolute Gasteiger partial charge is 0.143 e. The van der Waals surface area contributed by atoms with Crippen LogP contribution in [0, 0.1) is 18.8 Å². The Labute approximate surface area is 187 Å². The molecular weight excluding hydrogens is 402 g/mol. The quantitative estimate of drug-likeness (QED) is 0.657. The van der Waals surface area contributed by atoms with Gasteiger partial charge in [-0.1, -0.05) is 12.1 Å². The molecule has 166 valence electrons. The van der Waals surface area contributed by atoms with E-state index in [0.29, 0.717) is 24.4 Å². The molecule has 7 rings (SSSR count). The molecule has 3 aliphatic heterocycles. The molecule has 0 bridgehead atoms. The lowest BCUT2D eigenvalue weighted by Crippen LogP contribution is -2.48. The summed E-state index contributed by atoms with van der Waals surface area (Å²) in [6.07, 6.45) is 4.19. The summed E-state index contributed by atoms with van der Waals surface area (Å²) in [7, 11) is 0. The molecule has 2 N–H and O–H groups in total. The maximum Gasteiger partial charge on any atom is 0.143 e. The Bertz CT molecular complexity index is 1160. The van der Waals surface area contributed by atoms with Crippen LogP contribution in [0.25, 0.3) is 11.0 Å². The molecule has 0 radical (unpaired) electrons. The number of nitrogens with one attached hydrogen (secondary N) is 2. The Balaban J connectivity index is 1.26. The first-order valence-corrected chi connectivity index (χ1v) is 11.9. The second kappa shape index (κ2) is 7.18. The van der Waals surface area contributed by atoms with Crippen molar-refractivity contribution in [2.75, 3.05) is 38.2 Å². The molecule has 7 nitrogen and oxygen atoms in total. The molecule has 4 aliphatic rings. The van der Waals surface area contributed by atoms with E-state index in [4.69, 9.17) is 9.47 Å². The van der Waals surface area contributed by atoms with Gasteiger partial charge in [0.1, 0.15) is 30.1 Å². The third kappa shape index (κ3) is 3.10. The summed E-state index contributed by atoms with van der Waals surface area (Å²) in [4.78, 5) is 15.3. The van der Waals surface area contributed by atoms with Gasteiger partial charge in [0, 0.05) is 36.2 Å². The van der Waals surface area contributed by atoms with Crippen molar-refractivity contribution in [3.05, 3.63) is 47.4 Å². The van der Waals surface area contributed by atoms with Gasteiger partial charge in [0.05, 0.1) is 30.7 Å². The zero-order valence-electron chi connectivity index (χ0n) is 18.4. The number of aryl methyl sites for hydroxylation is 1. The predicted octanol–water partition coefficient (Wildman–Crippen LogP) is 3.64. The predicted molar refractivity (Wildman–Crippen MR) is 122 cm³/mol. The molecule has 4 atom stereocenters. The molecule has 0 amide bonds. The Hall–Kier alpha value is -2.64. The van der Waals surface area contributed by atoms with Crippen LogP contribution in [-0.4, -0.2) is 58.8 Å². The average Bonchev–Trinajstić information content (AvgIpc) is 3.20. The Kier molecular flexibility index (Phi) is 4.24. The zero-order valence-corrected chi connectivity index (χ0v) is 18.4. The lowest BCUT2D eigenvalue weighted by atomic mass is 9.94. The molecule has 3 fully saturated rings. The highest BCUT2D eigenvalue weighted by Gasteiger charge is 2.44. The van der Waals surface area contributed by atoms with E-state index in [9.17, 15) is 0 Å². The summed E-state index contributed by atoms with van der Waals surface area (Å²) < 4.78 is 12.0. The third-order valence-electron chi connectivity index (χ3n) is 7.79. The molecular formula is C25H29N5O2. The summed E-state index contributed by atoms with van der Waals surface area (Å²) in [6.45, 7) is 6.74. The Morgan fingerprint density at radius 3 is 2.72 bits per heavy atom. The first-order chi connectivity index (χ1) is 15.7. The van der Waals surface area contributed by atoms with Gasteiger partial charge in [0.2, 0.25) is 0 Å². The number of nitrogens with zero attached hydrogens (tertiary/aromatic N) is 3. The SMILES string of the molecule is Cc1ccc2c(c1)OCC(N1CC3COCC3C1)C2Nc1ncnc2[nH]c(C3CC3)cc12. The summed E-state index contributed by atoms with van der Waals surface area (Å²) in [5.41, 5.74) is 4.64. The van der Waals surface area contributed by atoms with E-state index >= 15 is 0 Å². The van der Waals surface area contributed by atoms with Gasteiger partial charge in [-0.2, -0.15) is 0 Å². The molecule has 1 aromatic carbocycles. The number of H-pyrrole nitrogens is 1. The molecule has 5 heterocycles. The molecule has 1 saturated carbocycles. The molecule has 2 saturated heterocycles. The molecule has 1 aliphatic carbocycles. The number of hydrogen-bond donors (Lipinski definition) is 2. The van der Waals surface area contributed by atoms with Crippen LogP contribution >= 0.6 is 0 Å². The van der Waals surface area contributed by atoms with Gasteiger partial charge in [-0.3, -0.25) is 4.90 Å². The molecule has 32 heavy (non-hydrogen) atoms. The van der Waals surface area contributed by atoms with Crippen LogP contribution < -0.4 is 10.1 Å². The number of aromatic amines is 1. The van der Waals surface area contributed by atoms with E-state index in [0.717, 1.165) is 48.9 Å². The van der Waals surface area contributed by atoms with Gasteiger partial charge in [-0.05, 0) is 43.4 Å². The summed E-state index contributed by atoms with van der Waals surface area (Å²) in [5, 5.41) is 4.92. The summed E-state index contributed by atoms with van der Waals surface area (Å²) in [5.74, 6) is 3.84. The van der Waals surface area contributed by atoms with Gasteiger partial charge in [0.15, 0.2) is 0 Å². The van der Waals surface area contributed by atoms with Crippen molar-refractivity contribution in [3.8, 4) is 5.75 Å². The first kappa shape index (κ1) is 18.9. The van der Waals surface area contributed by atoms with Crippen LogP contribution in [0.3, 0.4) is 0 Å². The Morgan fingerprint density at radius 1 is 1.06 bits per heavy atom. The van der Waals surface area contributed by atoms with Crippen LogP contribution in [-0.2, 0) is 4.74 Å². The van der Waals surface area contributed by atoms with Crippen molar-refractivity contribution in [2.24, 2.45) is 11.8 Å². The molecule has 7 heteroatoms. The number of benzene rings is 1. The van der Waals surface area contributed by atoms with Crippen LogP contribution in [0.2, 0.25) is 0 Å². The minimum absolute atomic E-state index is 0.108. The number of likely N-dealkylation sites (tertiary alicyclic amines) is 1. The monoisotopic (exact) mass is 431 g/mol. The maximum atomic E-state index is 6.30. The zero-order chi connectivity index (χ0) is 21.2. The minimum atomic E-state index is 0.108. The van der Waals surface area contributed by atoms with Gasteiger partial charge in [-0.25, -0.2) is 9.97 Å². The van der Waals surface area contributed by atoms with E-state index in [-0.39, 0.29) is 12.1 Å². The van der Waals surface area contributed by atoms with Crippen molar-refractivity contribution in [3.63, 3.8) is 0 Å². The van der Waals surface area contributed by atoms with Gasteiger partial charge in [0.25, 0.3) is 0 Å². The lowest BCUT2D eigenvalue weighted by Gasteiger charge is -2.40. The number of anilines is 1. The molecule has 0 spiro atoms. The highest BCUT2D eigenvalue weighted by Crippen LogP contribution is 2.43. The summed E-state index contributed by atoms with van der Waals surface area (Å²) >= 11 is 0. The fourth-order valence-electron chi connectivity index (χ4n) is 5.82. The number of rotatable bonds is 4. The summed E-state index contributed by atoms with van der Waals surface area (Å²) in [6, 6.07) is 9.17. The van der Waals surface area contributed by atoms with Crippen molar-refractivity contribution >= 4 is 16.9 Å². The standard InChI is InChI=1S/C25H29N5O2/c1-14-2-5-18-22(6-14)32-12-21(30-8-16-10-31-11-17(16)9-30)23(18)29-25-19-7-20(15-3-4-15)28-24(19)26-13-27-25/h2,5-7,13,15-17,21,23H,3-4,8-12H2,1H3,(H2,26,27,28,29). The highest BCUT2D eigenvalue weighted by molar-refractivity contribution is 5.88. The van der Waals surface area contributed by atoms with E-state index in [2.05, 4.69) is 56.4 Å². The van der Waals surface area contributed by atoms with Gasteiger partial charge in [-0.15, -0.1) is 0 Å². The van der Waals surface area contributed by atoms with Crippen LogP contribution in [0.5, 0.6) is 5.75 Å². The van der Waals surface area contributed by atoms with E-state index in [1.54, 1.807) is 6.33 Å². The van der Waals surface area contributed by atoms with Crippen molar-refractivity contribution in [1.82, 2.24) is 19.9 Å². The Morgan fingerprint density at radius 2 is 1.91 bits per heavy atom. The van der Waals surface area contributed by atoms with Crippen LogP contribution in [0.1, 0.15) is 41.6 Å². The number of hydrogen-bond acceptors (Lipinski definition) is 6. The maximum absolute atomic E-state index is 6.30. The second-order valence-corrected chi connectivity index (χ2v) is 10.0. The second-order valence-electron chi connectivity index (χ2n) is 10.0. The van der Waals surface area contributed by atoms with E-state index < -0.39 is 0 Å². The number of fused-ring (bicyclic) bond motifs is 3. The number of aromatic nitrogens is 3. The van der Waals surface area contributed by atoms with Crippen molar-refractivity contribution < 1.29 is 9.47 Å². The van der Waals surface area contributed by atoms with Crippen molar-refractivity contribution in [2.45, 2.75) is 37.8 Å². The topological polar surface area (TPSA) is 75.3 Å². The normalized spacial score (nSPS) is 29.7. The van der Waals surface area contributed by atoms with E-state index in [1.807, 2.05) is 0 Å². The van der Waals surface area contributed by atoms with Gasteiger partial charge < -0.3 is 19.8 Å². The highest BCUT2D eigenvalue weighted by atomic mass is 16.5. The fraction of sp³-hybridized carbons (Fsp3) is 0.520. The van der Waals surface area contributed by atoms with Crippen LogP contribution in [0.15, 0.2) is 30.6 Å². The third-order valence-corrected chi connectivity index (χ3v) is 7.79. The molecule has 2 aromatic heterocycles. The van der Waals surface area contributed by atoms with Gasteiger partial charge >= 0.3 is 0 Å². The number of ether oxygens (including phenoxy) is 2. The largest absolute Gasteiger partial charge is 0.491 e. The first-order valence-electron chi connectivity index (χ1n) is 11.9. The van der Waals surface area contributed by atoms with Crippen LogP contribution in [0.4, 0.5) is 5.82 Å². The van der Waals surface area contributed by atoms with E-state index in [1.165, 1.54) is 29.7 Å². The average molecular weight is 432 g/mol. The molecule has 4 unspecified atom stereocenters. The fourth-order valence-corrected chi connectivity index (χ4v) is 5.82.